The molecule has 8 heteroatoms. The Morgan fingerprint density at radius 2 is 1.85 bits per heavy atom. The van der Waals surface area contributed by atoms with Crippen LogP contribution in [0.2, 0.25) is 5.02 Å². The Morgan fingerprint density at radius 1 is 1.09 bits per heavy atom. The molecule has 0 spiro atoms. The Morgan fingerprint density at radius 3 is 2.58 bits per heavy atom. The highest BCUT2D eigenvalue weighted by molar-refractivity contribution is 7.20. The van der Waals surface area contributed by atoms with Gasteiger partial charge in [0.2, 0.25) is 5.91 Å². The first-order valence-corrected chi connectivity index (χ1v) is 13.0. The molecule has 1 aromatic carbocycles. The zero-order valence-electron chi connectivity index (χ0n) is 18.8. The zero-order valence-corrected chi connectivity index (χ0v) is 20.4. The van der Waals surface area contributed by atoms with Gasteiger partial charge < -0.3 is 10.2 Å². The van der Waals surface area contributed by atoms with E-state index >= 15 is 0 Å². The number of likely N-dealkylation sites (tertiary alicyclic amines) is 1. The maximum absolute atomic E-state index is 13.3. The van der Waals surface area contributed by atoms with Crippen LogP contribution in [0.1, 0.15) is 60.3 Å². The van der Waals surface area contributed by atoms with Crippen molar-refractivity contribution < 1.29 is 9.59 Å². The van der Waals surface area contributed by atoms with Crippen molar-refractivity contribution >= 4 is 45.0 Å². The van der Waals surface area contributed by atoms with Crippen molar-refractivity contribution in [2.75, 3.05) is 13.1 Å². The summed E-state index contributed by atoms with van der Waals surface area (Å²) >= 11 is 7.65. The monoisotopic (exact) mass is 484 g/mol. The SMILES string of the molecule is Cc1nn(-c2cccc(Cl)c2)c2sc(C(=O)N3CCC(NC(=O)C4CCCCC4)CC3)cc12. The average molecular weight is 485 g/mol. The van der Waals surface area contributed by atoms with Crippen LogP contribution >= 0.6 is 22.9 Å². The summed E-state index contributed by atoms with van der Waals surface area (Å²) in [5.41, 5.74) is 1.78. The molecule has 3 aromatic rings. The number of hydrogen-bond acceptors (Lipinski definition) is 4. The van der Waals surface area contributed by atoms with Gasteiger partial charge in [0.15, 0.2) is 0 Å². The molecule has 6 nitrogen and oxygen atoms in total. The third kappa shape index (κ3) is 4.66. The fourth-order valence-electron chi connectivity index (χ4n) is 5.00. The molecule has 3 heterocycles. The molecule has 1 saturated carbocycles. The average Bonchev–Trinajstić information content (AvgIpc) is 3.40. The van der Waals surface area contributed by atoms with Crippen molar-refractivity contribution in [3.8, 4) is 5.69 Å². The smallest absolute Gasteiger partial charge is 0.264 e. The van der Waals surface area contributed by atoms with Crippen molar-refractivity contribution in [1.82, 2.24) is 20.0 Å². The van der Waals surface area contributed by atoms with Crippen molar-refractivity contribution in [3.63, 3.8) is 0 Å². The van der Waals surface area contributed by atoms with E-state index in [9.17, 15) is 9.59 Å². The number of aromatic nitrogens is 2. The third-order valence-electron chi connectivity index (χ3n) is 6.91. The van der Waals surface area contributed by atoms with Crippen LogP contribution < -0.4 is 5.32 Å². The number of thiophene rings is 1. The third-order valence-corrected chi connectivity index (χ3v) is 8.25. The van der Waals surface area contributed by atoms with Crippen molar-refractivity contribution in [1.29, 1.82) is 0 Å². The van der Waals surface area contributed by atoms with Gasteiger partial charge in [-0.25, -0.2) is 4.68 Å². The Hall–Kier alpha value is -2.38. The van der Waals surface area contributed by atoms with Gasteiger partial charge in [-0.15, -0.1) is 11.3 Å². The second kappa shape index (κ2) is 9.47. The Balaban J connectivity index is 1.25. The standard InChI is InChI=1S/C25H29ClN4O2S/c1-16-21-15-22(33-25(21)30(28-16)20-9-5-8-18(26)14-20)24(32)29-12-10-19(11-13-29)27-23(31)17-6-3-2-4-7-17/h5,8-9,14-15,17,19H,2-4,6-7,10-13H2,1H3,(H,27,31). The molecule has 174 valence electrons. The van der Waals surface area contributed by atoms with Crippen molar-refractivity contribution in [2.45, 2.75) is 57.9 Å². The fraction of sp³-hybridized carbons (Fsp3) is 0.480. The first-order valence-electron chi connectivity index (χ1n) is 11.8. The predicted octanol–water partition coefficient (Wildman–Crippen LogP) is 5.35. The number of fused-ring (bicyclic) bond motifs is 1. The normalized spacial score (nSPS) is 18.1. The van der Waals surface area contributed by atoms with Gasteiger partial charge in [-0.3, -0.25) is 9.59 Å². The van der Waals surface area contributed by atoms with Gasteiger partial charge in [0.05, 0.1) is 16.3 Å². The molecular formula is C25H29ClN4O2S. The van der Waals surface area contributed by atoms with E-state index < -0.39 is 0 Å². The summed E-state index contributed by atoms with van der Waals surface area (Å²) in [5.74, 6) is 0.453. The van der Waals surface area contributed by atoms with Gasteiger partial charge in [-0.2, -0.15) is 5.10 Å². The number of carbonyl (C=O) groups is 2. The van der Waals surface area contributed by atoms with Crippen LogP contribution in [0.4, 0.5) is 0 Å². The summed E-state index contributed by atoms with van der Waals surface area (Å²) < 4.78 is 1.87. The highest BCUT2D eigenvalue weighted by Crippen LogP contribution is 2.32. The number of hydrogen-bond donors (Lipinski definition) is 1. The Bertz CT molecular complexity index is 1170. The minimum atomic E-state index is 0.0605. The molecule has 2 fully saturated rings. The summed E-state index contributed by atoms with van der Waals surface area (Å²) in [5, 5.41) is 9.55. The summed E-state index contributed by atoms with van der Waals surface area (Å²) in [7, 11) is 0. The topological polar surface area (TPSA) is 67.2 Å². The van der Waals surface area contributed by atoms with Crippen LogP contribution in [-0.4, -0.2) is 45.6 Å². The summed E-state index contributed by atoms with van der Waals surface area (Å²) in [6, 6.07) is 9.71. The van der Waals surface area contributed by atoms with Gasteiger partial charge in [0.25, 0.3) is 5.91 Å². The van der Waals surface area contributed by atoms with Crippen LogP contribution in [0, 0.1) is 12.8 Å². The minimum Gasteiger partial charge on any atom is -0.353 e. The van der Waals surface area contributed by atoms with Gasteiger partial charge in [0.1, 0.15) is 4.83 Å². The number of piperidine rings is 1. The lowest BCUT2D eigenvalue weighted by Gasteiger charge is -2.33. The Kier molecular flexibility index (Phi) is 6.43. The number of carbonyl (C=O) groups excluding carboxylic acids is 2. The molecule has 0 unspecified atom stereocenters. The first-order chi connectivity index (χ1) is 16.0. The van der Waals surface area contributed by atoms with Crippen LogP contribution in [0.3, 0.4) is 0 Å². The van der Waals surface area contributed by atoms with E-state index in [1.807, 2.05) is 46.8 Å². The number of amides is 2. The van der Waals surface area contributed by atoms with Gasteiger partial charge in [0, 0.05) is 35.5 Å². The Labute approximate surface area is 202 Å². The van der Waals surface area contributed by atoms with Crippen LogP contribution in [-0.2, 0) is 4.79 Å². The van der Waals surface area contributed by atoms with E-state index in [0.717, 1.165) is 65.0 Å². The number of halogens is 1. The number of nitrogens with one attached hydrogen (secondary N) is 1. The second-order valence-corrected chi connectivity index (χ2v) is 10.7. The molecular weight excluding hydrogens is 456 g/mol. The quantitative estimate of drug-likeness (QED) is 0.542. The number of nitrogens with zero attached hydrogens (tertiary/aromatic N) is 3. The van der Waals surface area contributed by atoms with Crippen molar-refractivity contribution in [3.05, 3.63) is 45.9 Å². The molecule has 1 aliphatic carbocycles. The van der Waals surface area contributed by atoms with E-state index in [1.54, 1.807) is 0 Å². The van der Waals surface area contributed by atoms with E-state index in [0.29, 0.717) is 18.1 Å². The largest absolute Gasteiger partial charge is 0.353 e. The molecule has 1 aliphatic heterocycles. The van der Waals surface area contributed by atoms with Crippen LogP contribution in [0.15, 0.2) is 30.3 Å². The molecule has 2 aliphatic rings. The van der Waals surface area contributed by atoms with Gasteiger partial charge in [-0.1, -0.05) is 36.9 Å². The zero-order chi connectivity index (χ0) is 22.9. The summed E-state index contributed by atoms with van der Waals surface area (Å²) in [4.78, 5) is 29.4. The maximum Gasteiger partial charge on any atom is 0.264 e. The molecule has 1 saturated heterocycles. The van der Waals surface area contributed by atoms with Crippen LogP contribution in [0.5, 0.6) is 0 Å². The molecule has 5 rings (SSSR count). The number of aryl methyl sites for hydroxylation is 1. The lowest BCUT2D eigenvalue weighted by atomic mass is 9.88. The molecule has 2 amide bonds. The van der Waals surface area contributed by atoms with Crippen molar-refractivity contribution in [2.24, 2.45) is 5.92 Å². The molecule has 2 aromatic heterocycles. The lowest BCUT2D eigenvalue weighted by Crippen LogP contribution is -2.48. The first kappa shape index (κ1) is 22.4. The summed E-state index contributed by atoms with van der Waals surface area (Å²) in [6.07, 6.45) is 7.22. The van der Waals surface area contributed by atoms with Gasteiger partial charge >= 0.3 is 0 Å². The highest BCUT2D eigenvalue weighted by Gasteiger charge is 2.29. The molecule has 33 heavy (non-hydrogen) atoms. The van der Waals surface area contributed by atoms with E-state index in [2.05, 4.69) is 10.4 Å². The molecule has 0 bridgehead atoms. The van der Waals surface area contributed by atoms with E-state index in [-0.39, 0.29) is 23.8 Å². The second-order valence-electron chi connectivity index (χ2n) is 9.22. The number of benzene rings is 1. The maximum atomic E-state index is 13.3. The number of rotatable bonds is 4. The minimum absolute atomic E-state index is 0.0605. The summed E-state index contributed by atoms with van der Waals surface area (Å²) in [6.45, 7) is 3.30. The fourth-order valence-corrected chi connectivity index (χ4v) is 6.34. The van der Waals surface area contributed by atoms with E-state index in [4.69, 9.17) is 11.6 Å². The lowest BCUT2D eigenvalue weighted by molar-refractivity contribution is -0.126. The van der Waals surface area contributed by atoms with Crippen LogP contribution in [0.25, 0.3) is 15.9 Å². The molecule has 1 N–H and O–H groups in total. The van der Waals surface area contributed by atoms with Gasteiger partial charge in [-0.05, 0) is 56.9 Å². The molecule has 0 atom stereocenters. The van der Waals surface area contributed by atoms with E-state index in [1.165, 1.54) is 17.8 Å². The highest BCUT2D eigenvalue weighted by atomic mass is 35.5. The predicted molar refractivity (Wildman–Crippen MR) is 132 cm³/mol. The molecule has 0 radical (unpaired) electrons.